The van der Waals surface area contributed by atoms with E-state index in [1.54, 1.807) is 6.08 Å². The van der Waals surface area contributed by atoms with E-state index in [0.29, 0.717) is 6.61 Å². The van der Waals surface area contributed by atoms with Crippen molar-refractivity contribution in [3.8, 4) is 11.5 Å². The summed E-state index contributed by atoms with van der Waals surface area (Å²) in [5, 5.41) is 8.92. The van der Waals surface area contributed by atoms with Crippen molar-refractivity contribution >= 4 is 18.2 Å². The van der Waals surface area contributed by atoms with Gasteiger partial charge in [-0.25, -0.2) is 0 Å². The van der Waals surface area contributed by atoms with E-state index in [0.717, 1.165) is 46.4 Å². The van der Waals surface area contributed by atoms with Gasteiger partial charge in [-0.15, -0.1) is 0 Å². The van der Waals surface area contributed by atoms with Gasteiger partial charge in [0.2, 0.25) is 0 Å². The first-order chi connectivity index (χ1) is 19.9. The Hall–Kier alpha value is -4.54. The maximum atomic E-state index is 8.92. The molecule has 0 spiro atoms. The number of aliphatic hydroxyl groups excluding tert-OH is 1. The van der Waals surface area contributed by atoms with Crippen LogP contribution in [0.3, 0.4) is 0 Å². The topological polar surface area (TPSA) is 47.9 Å². The molecule has 41 heavy (non-hydrogen) atoms. The first kappa shape index (κ1) is 29.4. The second-order valence-electron chi connectivity index (χ2n) is 10.4. The average molecular weight is 547 g/mol. The lowest BCUT2D eigenvalue weighted by Gasteiger charge is -2.27. The van der Waals surface area contributed by atoms with Gasteiger partial charge in [-0.2, -0.15) is 0 Å². The van der Waals surface area contributed by atoms with Crippen molar-refractivity contribution < 1.29 is 19.3 Å². The Labute approximate surface area is 243 Å². The minimum Gasteiger partial charge on any atom is -0.516 e. The summed E-state index contributed by atoms with van der Waals surface area (Å²) < 4.78 is 17.9. The molecule has 1 atom stereocenters. The summed E-state index contributed by atoms with van der Waals surface area (Å²) in [7, 11) is 0. The molecule has 0 bridgehead atoms. The van der Waals surface area contributed by atoms with Gasteiger partial charge >= 0.3 is 0 Å². The number of benzene rings is 4. The molecule has 0 saturated heterocycles. The fraction of sp³-hybridized carbons (Fsp3) is 0.189. The fourth-order valence-electron chi connectivity index (χ4n) is 4.33. The maximum Gasteiger partial charge on any atom is 0.197 e. The molecule has 0 aromatic heterocycles. The minimum atomic E-state index is -0.359. The monoisotopic (exact) mass is 546 g/mol. The van der Waals surface area contributed by atoms with Crippen LogP contribution in [0.2, 0.25) is 0 Å². The van der Waals surface area contributed by atoms with Crippen LogP contribution in [0.15, 0.2) is 122 Å². The van der Waals surface area contributed by atoms with Gasteiger partial charge in [0.05, 0.1) is 12.9 Å². The molecule has 4 aromatic rings. The third-order valence-corrected chi connectivity index (χ3v) is 6.35. The van der Waals surface area contributed by atoms with E-state index in [9.17, 15) is 0 Å². The number of hydrogen-bond donors (Lipinski definition) is 1. The zero-order chi connectivity index (χ0) is 28.9. The normalized spacial score (nSPS) is 12.8. The van der Waals surface area contributed by atoms with Gasteiger partial charge in [-0.3, -0.25) is 0 Å². The highest BCUT2D eigenvalue weighted by Crippen LogP contribution is 2.23. The Morgan fingerprint density at radius 2 is 1.20 bits per heavy atom. The minimum absolute atomic E-state index is 0.338. The highest BCUT2D eigenvalue weighted by atomic mass is 16.7. The first-order valence-corrected chi connectivity index (χ1v) is 13.8. The predicted molar refractivity (Wildman–Crippen MR) is 169 cm³/mol. The quantitative estimate of drug-likeness (QED) is 0.103. The van der Waals surface area contributed by atoms with Crippen molar-refractivity contribution in [1.82, 2.24) is 0 Å². The standard InChI is InChI=1S/C37H38O4/c1-29(39-28-34-11-5-4-6-12-34)40-35-21-17-30(18-22-35)9-7-8-10-31-19-23-36(24-20-31)41-37(2,3)27-33-15-13-32(14-16-33)25-26-38/h4-26,29,38H,27-28H2,1-3H3. The van der Waals surface area contributed by atoms with Crippen molar-refractivity contribution in [3.63, 3.8) is 0 Å². The van der Waals surface area contributed by atoms with Gasteiger partial charge in [0, 0.05) is 6.42 Å². The van der Waals surface area contributed by atoms with Crippen molar-refractivity contribution in [2.45, 2.75) is 45.7 Å². The fourth-order valence-corrected chi connectivity index (χ4v) is 4.33. The second kappa shape index (κ2) is 14.7. The van der Waals surface area contributed by atoms with Gasteiger partial charge < -0.3 is 19.3 Å². The van der Waals surface area contributed by atoms with E-state index >= 15 is 0 Å². The molecule has 0 radical (unpaired) electrons. The molecule has 4 heteroatoms. The summed E-state index contributed by atoms with van der Waals surface area (Å²) in [6, 6.07) is 34.3. The van der Waals surface area contributed by atoms with Gasteiger partial charge in [-0.1, -0.05) is 103 Å². The van der Waals surface area contributed by atoms with Crippen molar-refractivity contribution in [1.29, 1.82) is 0 Å². The van der Waals surface area contributed by atoms with Gasteiger partial charge in [0.15, 0.2) is 6.29 Å². The van der Waals surface area contributed by atoms with E-state index in [2.05, 4.69) is 50.3 Å². The molecule has 210 valence electrons. The molecule has 0 saturated carbocycles. The summed E-state index contributed by atoms with van der Waals surface area (Å²) in [6.45, 7) is 6.60. The van der Waals surface area contributed by atoms with Crippen molar-refractivity contribution in [2.75, 3.05) is 0 Å². The van der Waals surface area contributed by atoms with Crippen LogP contribution in [0.25, 0.3) is 18.2 Å². The van der Waals surface area contributed by atoms with Crippen LogP contribution in [0, 0.1) is 0 Å². The van der Waals surface area contributed by atoms with Crippen molar-refractivity contribution in [3.05, 3.63) is 149 Å². The van der Waals surface area contributed by atoms with Crippen LogP contribution in [0.1, 0.15) is 48.6 Å². The van der Waals surface area contributed by atoms with Crippen molar-refractivity contribution in [2.24, 2.45) is 0 Å². The molecule has 1 unspecified atom stereocenters. The Kier molecular flexibility index (Phi) is 10.6. The summed E-state index contributed by atoms with van der Waals surface area (Å²) in [5.74, 6) is 1.61. The second-order valence-corrected chi connectivity index (χ2v) is 10.4. The number of ether oxygens (including phenoxy) is 3. The van der Waals surface area contributed by atoms with Crippen LogP contribution in [0.5, 0.6) is 11.5 Å². The maximum absolute atomic E-state index is 8.92. The Balaban J connectivity index is 1.22. The van der Waals surface area contributed by atoms with Crippen LogP contribution >= 0.6 is 0 Å². The van der Waals surface area contributed by atoms with Gasteiger partial charge in [0.1, 0.15) is 17.1 Å². The smallest absolute Gasteiger partial charge is 0.197 e. The molecule has 4 rings (SSSR count). The molecule has 4 nitrogen and oxygen atoms in total. The van der Waals surface area contributed by atoms with E-state index in [-0.39, 0.29) is 11.9 Å². The highest BCUT2D eigenvalue weighted by Gasteiger charge is 2.20. The van der Waals surface area contributed by atoms with Gasteiger partial charge in [-0.05, 0) is 78.9 Å². The van der Waals surface area contributed by atoms with Crippen LogP contribution in [0.4, 0.5) is 0 Å². The molecule has 0 heterocycles. The lowest BCUT2D eigenvalue weighted by Crippen LogP contribution is -2.30. The van der Waals surface area contributed by atoms with E-state index in [4.69, 9.17) is 19.3 Å². The first-order valence-electron chi connectivity index (χ1n) is 13.8. The number of aliphatic hydroxyl groups is 1. The molecule has 0 amide bonds. The van der Waals surface area contributed by atoms with Crippen LogP contribution in [-0.2, 0) is 17.8 Å². The van der Waals surface area contributed by atoms with Gasteiger partial charge in [0.25, 0.3) is 0 Å². The third kappa shape index (κ3) is 10.2. The molecular formula is C37H38O4. The molecule has 1 N–H and O–H groups in total. The summed E-state index contributed by atoms with van der Waals surface area (Å²) >= 11 is 0. The number of allylic oxidation sites excluding steroid dienone is 2. The Morgan fingerprint density at radius 1 is 0.659 bits per heavy atom. The molecule has 0 aliphatic rings. The van der Waals surface area contributed by atoms with Crippen LogP contribution < -0.4 is 9.47 Å². The summed E-state index contributed by atoms with van der Waals surface area (Å²) in [5.41, 5.74) is 5.10. The zero-order valence-electron chi connectivity index (χ0n) is 23.9. The third-order valence-electron chi connectivity index (χ3n) is 6.35. The lowest BCUT2D eigenvalue weighted by molar-refractivity contribution is -0.0759. The Morgan fingerprint density at radius 3 is 1.78 bits per heavy atom. The zero-order valence-corrected chi connectivity index (χ0v) is 23.9. The molecule has 0 fully saturated rings. The average Bonchev–Trinajstić information content (AvgIpc) is 2.97. The van der Waals surface area contributed by atoms with Crippen LogP contribution in [-0.4, -0.2) is 17.0 Å². The lowest BCUT2D eigenvalue weighted by atomic mass is 9.97. The number of hydrogen-bond acceptors (Lipinski definition) is 4. The molecule has 4 aromatic carbocycles. The predicted octanol–water partition coefficient (Wildman–Crippen LogP) is 9.28. The highest BCUT2D eigenvalue weighted by molar-refractivity contribution is 5.58. The number of rotatable bonds is 13. The molecule has 0 aliphatic carbocycles. The largest absolute Gasteiger partial charge is 0.516 e. The summed E-state index contributed by atoms with van der Waals surface area (Å²) in [4.78, 5) is 0. The van der Waals surface area contributed by atoms with E-state index in [1.165, 1.54) is 5.56 Å². The molecule has 0 aliphatic heterocycles. The van der Waals surface area contributed by atoms with E-state index in [1.807, 2.05) is 97.9 Å². The Bertz CT molecular complexity index is 1420. The SMILES string of the molecule is CC(OCc1ccccc1)Oc1ccc(C=CC=Cc2ccc(OC(C)(C)Cc3ccc(C=CO)cc3)cc2)cc1. The summed E-state index contributed by atoms with van der Waals surface area (Å²) in [6.07, 6.45) is 11.3. The van der Waals surface area contributed by atoms with E-state index < -0.39 is 0 Å². The molecular weight excluding hydrogens is 508 g/mol.